The fraction of sp³-hybridized carbons (Fsp3) is 0.429. The van der Waals surface area contributed by atoms with Crippen LogP contribution in [0.3, 0.4) is 0 Å². The predicted octanol–water partition coefficient (Wildman–Crippen LogP) is 6.79. The molecule has 0 aliphatic rings. The fourth-order valence-corrected chi connectivity index (χ4v) is 4.45. The zero-order valence-corrected chi connectivity index (χ0v) is 16.4. The Labute approximate surface area is 156 Å². The molecule has 0 saturated carbocycles. The number of halogens is 2. The van der Waals surface area contributed by atoms with E-state index in [1.54, 1.807) is 31.2 Å². The van der Waals surface area contributed by atoms with Gasteiger partial charge in [0.1, 0.15) is 0 Å². The van der Waals surface area contributed by atoms with Gasteiger partial charge in [-0.3, -0.25) is 0 Å². The summed E-state index contributed by atoms with van der Waals surface area (Å²) in [6, 6.07) is 6.83. The number of fused-ring (bicyclic) bond motifs is 3. The summed E-state index contributed by atoms with van der Waals surface area (Å²) in [4.78, 5) is 0. The van der Waals surface area contributed by atoms with Gasteiger partial charge in [-0.25, -0.2) is 8.78 Å². The lowest BCUT2D eigenvalue weighted by Crippen LogP contribution is -2.11. The molecule has 140 valence electrons. The second kappa shape index (κ2) is 7.78. The second-order valence-corrected chi connectivity index (χ2v) is 8.11. The first kappa shape index (κ1) is 18.9. The van der Waals surface area contributed by atoms with Crippen molar-refractivity contribution in [1.82, 2.24) is 0 Å². The van der Waals surface area contributed by atoms with Crippen LogP contribution in [0, 0.1) is 23.5 Å². The second-order valence-electron chi connectivity index (χ2n) is 7.09. The highest BCUT2D eigenvalue weighted by atomic mass is 32.1. The van der Waals surface area contributed by atoms with Crippen molar-refractivity contribution in [2.45, 2.75) is 34.1 Å². The molecule has 0 N–H and O–H groups in total. The maximum Gasteiger partial charge on any atom is 0.182 e. The van der Waals surface area contributed by atoms with Crippen LogP contribution in [0.4, 0.5) is 8.78 Å². The number of ether oxygens (including phenoxy) is 2. The van der Waals surface area contributed by atoms with E-state index in [4.69, 9.17) is 9.47 Å². The topological polar surface area (TPSA) is 18.5 Å². The molecule has 0 fully saturated rings. The standard InChI is InChI=1S/C21H24F2O2S/c1-5-24-16-8-6-14-15-7-9-17(25-11-13(4)10-12(2)3)19(23)21(15)26-20(14)18(16)22/h6-9,12-13H,5,10-11H2,1-4H3. The Morgan fingerprint density at radius 1 is 0.885 bits per heavy atom. The molecule has 2 aromatic carbocycles. The van der Waals surface area contributed by atoms with Crippen molar-refractivity contribution in [3.8, 4) is 11.5 Å². The summed E-state index contributed by atoms with van der Waals surface area (Å²) in [7, 11) is 0. The molecule has 3 aromatic rings. The van der Waals surface area contributed by atoms with E-state index in [2.05, 4.69) is 20.8 Å². The van der Waals surface area contributed by atoms with Crippen LogP contribution in [0.1, 0.15) is 34.1 Å². The summed E-state index contributed by atoms with van der Waals surface area (Å²) in [5, 5.41) is 1.40. The molecule has 0 radical (unpaired) electrons. The van der Waals surface area contributed by atoms with Gasteiger partial charge in [-0.2, -0.15) is 0 Å². The highest BCUT2D eigenvalue weighted by Crippen LogP contribution is 2.41. The van der Waals surface area contributed by atoms with Gasteiger partial charge in [0.15, 0.2) is 23.1 Å². The van der Waals surface area contributed by atoms with Crippen molar-refractivity contribution in [3.63, 3.8) is 0 Å². The van der Waals surface area contributed by atoms with E-state index in [9.17, 15) is 8.78 Å². The molecule has 0 bridgehead atoms. The largest absolute Gasteiger partial charge is 0.491 e. The molecule has 1 aromatic heterocycles. The summed E-state index contributed by atoms with van der Waals surface area (Å²) in [5.74, 6) is 0.497. The van der Waals surface area contributed by atoms with E-state index in [0.29, 0.717) is 45.2 Å². The number of benzene rings is 2. The highest BCUT2D eigenvalue weighted by Gasteiger charge is 2.18. The van der Waals surface area contributed by atoms with Crippen molar-refractivity contribution in [3.05, 3.63) is 35.9 Å². The van der Waals surface area contributed by atoms with Gasteiger partial charge >= 0.3 is 0 Å². The molecular formula is C21H24F2O2S. The van der Waals surface area contributed by atoms with Crippen molar-refractivity contribution in [1.29, 1.82) is 0 Å². The SMILES string of the molecule is CCOc1ccc2c(sc3c(F)c(OCC(C)CC(C)C)ccc32)c1F. The lowest BCUT2D eigenvalue weighted by Gasteiger charge is -2.15. The number of hydrogen-bond acceptors (Lipinski definition) is 3. The van der Waals surface area contributed by atoms with Gasteiger partial charge in [-0.1, -0.05) is 20.8 Å². The molecule has 0 spiro atoms. The Morgan fingerprint density at radius 3 is 1.92 bits per heavy atom. The number of rotatable bonds is 7. The normalized spacial score (nSPS) is 12.9. The summed E-state index contributed by atoms with van der Waals surface area (Å²) in [5.41, 5.74) is 0. The molecular weight excluding hydrogens is 354 g/mol. The first-order valence-electron chi connectivity index (χ1n) is 9.01. The minimum Gasteiger partial charge on any atom is -0.491 e. The molecule has 0 amide bonds. The van der Waals surface area contributed by atoms with Gasteiger partial charge in [-0.15, -0.1) is 11.3 Å². The zero-order chi connectivity index (χ0) is 18.8. The maximum atomic E-state index is 14.9. The Morgan fingerprint density at radius 2 is 1.42 bits per heavy atom. The molecule has 5 heteroatoms. The van der Waals surface area contributed by atoms with Crippen LogP contribution in [0.2, 0.25) is 0 Å². The molecule has 26 heavy (non-hydrogen) atoms. The monoisotopic (exact) mass is 378 g/mol. The van der Waals surface area contributed by atoms with Gasteiger partial charge < -0.3 is 9.47 Å². The van der Waals surface area contributed by atoms with Gasteiger partial charge in [0.2, 0.25) is 0 Å². The fourth-order valence-electron chi connectivity index (χ4n) is 3.29. The van der Waals surface area contributed by atoms with Crippen LogP contribution in [0.15, 0.2) is 24.3 Å². The van der Waals surface area contributed by atoms with E-state index in [1.165, 1.54) is 0 Å². The van der Waals surface area contributed by atoms with E-state index < -0.39 is 11.6 Å². The Balaban J connectivity index is 1.95. The van der Waals surface area contributed by atoms with Gasteiger partial charge in [0, 0.05) is 10.8 Å². The minimum atomic E-state index is -0.432. The van der Waals surface area contributed by atoms with Crippen LogP contribution in [-0.4, -0.2) is 13.2 Å². The molecule has 0 saturated heterocycles. The van der Waals surface area contributed by atoms with Crippen LogP contribution in [-0.2, 0) is 0 Å². The van der Waals surface area contributed by atoms with Gasteiger partial charge in [0.05, 0.1) is 22.6 Å². The molecule has 1 atom stereocenters. The average Bonchev–Trinajstić information content (AvgIpc) is 2.97. The van der Waals surface area contributed by atoms with Crippen LogP contribution in [0.5, 0.6) is 11.5 Å². The molecule has 0 aliphatic carbocycles. The van der Waals surface area contributed by atoms with Crippen molar-refractivity contribution < 1.29 is 18.3 Å². The van der Waals surface area contributed by atoms with Crippen molar-refractivity contribution >= 4 is 31.5 Å². The lowest BCUT2D eigenvalue weighted by atomic mass is 10.00. The average molecular weight is 378 g/mol. The summed E-state index contributed by atoms with van der Waals surface area (Å²) in [6.45, 7) is 9.07. The van der Waals surface area contributed by atoms with Crippen LogP contribution >= 0.6 is 11.3 Å². The number of hydrogen-bond donors (Lipinski definition) is 0. The summed E-state index contributed by atoms with van der Waals surface area (Å²) < 4.78 is 41.4. The Kier molecular flexibility index (Phi) is 5.66. The van der Waals surface area contributed by atoms with E-state index in [0.717, 1.165) is 17.8 Å². The summed E-state index contributed by atoms with van der Waals surface area (Å²) in [6.07, 6.45) is 1.03. The molecule has 1 unspecified atom stereocenters. The highest BCUT2D eigenvalue weighted by molar-refractivity contribution is 7.25. The van der Waals surface area contributed by atoms with Crippen LogP contribution < -0.4 is 9.47 Å². The number of thiophene rings is 1. The third kappa shape index (κ3) is 3.63. The smallest absolute Gasteiger partial charge is 0.182 e. The lowest BCUT2D eigenvalue weighted by molar-refractivity contribution is 0.231. The minimum absolute atomic E-state index is 0.200. The molecule has 3 rings (SSSR count). The molecule has 1 heterocycles. The van der Waals surface area contributed by atoms with E-state index >= 15 is 0 Å². The third-order valence-corrected chi connectivity index (χ3v) is 5.52. The van der Waals surface area contributed by atoms with Gasteiger partial charge in [-0.05, 0) is 49.4 Å². The van der Waals surface area contributed by atoms with E-state index in [1.807, 2.05) is 0 Å². The molecule has 2 nitrogen and oxygen atoms in total. The zero-order valence-electron chi connectivity index (χ0n) is 15.6. The molecule has 0 aliphatic heterocycles. The summed E-state index contributed by atoms with van der Waals surface area (Å²) >= 11 is 1.10. The van der Waals surface area contributed by atoms with E-state index in [-0.39, 0.29) is 11.5 Å². The first-order valence-corrected chi connectivity index (χ1v) is 9.82. The predicted molar refractivity (Wildman–Crippen MR) is 105 cm³/mol. The first-order chi connectivity index (χ1) is 12.4. The quantitative estimate of drug-likeness (QED) is 0.450. The maximum absolute atomic E-state index is 14.9. The van der Waals surface area contributed by atoms with Gasteiger partial charge in [0.25, 0.3) is 0 Å². The Hall–Kier alpha value is -1.88. The Bertz CT molecular complexity index is 917. The van der Waals surface area contributed by atoms with Crippen molar-refractivity contribution in [2.24, 2.45) is 11.8 Å². The van der Waals surface area contributed by atoms with Crippen molar-refractivity contribution in [2.75, 3.05) is 13.2 Å². The van der Waals surface area contributed by atoms with Crippen LogP contribution in [0.25, 0.3) is 20.2 Å². The third-order valence-electron chi connectivity index (χ3n) is 4.31.